The number of halogens is 1. The summed E-state index contributed by atoms with van der Waals surface area (Å²) in [6.45, 7) is 4.23. The van der Waals surface area contributed by atoms with Gasteiger partial charge in [0.15, 0.2) is 0 Å². The highest BCUT2D eigenvalue weighted by atomic mass is 79.9. The normalized spacial score (nSPS) is 17.2. The summed E-state index contributed by atoms with van der Waals surface area (Å²) >= 11 is 3.58. The standard InChI is InChI=1S/C15H17BrN4O/c1-8(2)11-4-5-20(19-11)13-7-12-9(6-10(13)16)14(17-3)15(21)18-12/h4-8,14,17H,1-3H3,(H,18,21). The average molecular weight is 349 g/mol. The lowest BCUT2D eigenvalue weighted by atomic mass is 10.1. The van der Waals surface area contributed by atoms with Gasteiger partial charge < -0.3 is 10.6 Å². The van der Waals surface area contributed by atoms with E-state index in [0.29, 0.717) is 5.92 Å². The molecule has 3 rings (SSSR count). The van der Waals surface area contributed by atoms with Gasteiger partial charge in [0.25, 0.3) is 0 Å². The van der Waals surface area contributed by atoms with Crippen molar-refractivity contribution in [2.45, 2.75) is 25.8 Å². The quantitative estimate of drug-likeness (QED) is 0.896. The molecule has 1 aliphatic heterocycles. The molecule has 110 valence electrons. The molecule has 1 aromatic carbocycles. The molecule has 1 aromatic heterocycles. The van der Waals surface area contributed by atoms with Gasteiger partial charge in [-0.3, -0.25) is 4.79 Å². The molecule has 2 N–H and O–H groups in total. The van der Waals surface area contributed by atoms with Crippen LogP contribution >= 0.6 is 15.9 Å². The highest BCUT2D eigenvalue weighted by Gasteiger charge is 2.30. The topological polar surface area (TPSA) is 59.0 Å². The van der Waals surface area contributed by atoms with E-state index in [-0.39, 0.29) is 11.9 Å². The minimum Gasteiger partial charge on any atom is -0.324 e. The predicted octanol–water partition coefficient (Wildman–Crippen LogP) is 2.97. The maximum Gasteiger partial charge on any atom is 0.246 e. The second kappa shape index (κ2) is 5.27. The highest BCUT2D eigenvalue weighted by Crippen LogP contribution is 2.36. The molecule has 2 aromatic rings. The van der Waals surface area contributed by atoms with Crippen LogP contribution in [0.5, 0.6) is 0 Å². The van der Waals surface area contributed by atoms with Gasteiger partial charge in [0, 0.05) is 21.9 Å². The first-order chi connectivity index (χ1) is 10.0. The first-order valence-corrected chi connectivity index (χ1v) is 7.68. The molecule has 0 saturated carbocycles. The van der Waals surface area contributed by atoms with E-state index in [1.807, 2.05) is 29.1 Å². The Kier molecular flexibility index (Phi) is 3.59. The third-order valence-corrected chi connectivity index (χ3v) is 4.32. The molecule has 5 nitrogen and oxygen atoms in total. The molecule has 1 aliphatic rings. The lowest BCUT2D eigenvalue weighted by Gasteiger charge is -2.10. The third kappa shape index (κ3) is 2.38. The van der Waals surface area contributed by atoms with Crippen LogP contribution in [-0.4, -0.2) is 22.7 Å². The molecule has 0 saturated heterocycles. The summed E-state index contributed by atoms with van der Waals surface area (Å²) < 4.78 is 2.75. The summed E-state index contributed by atoms with van der Waals surface area (Å²) in [6.07, 6.45) is 1.94. The zero-order valence-electron chi connectivity index (χ0n) is 12.1. The van der Waals surface area contributed by atoms with E-state index in [0.717, 1.165) is 27.1 Å². The molecule has 21 heavy (non-hydrogen) atoms. The van der Waals surface area contributed by atoms with Gasteiger partial charge in [0.1, 0.15) is 6.04 Å². The molecule has 0 spiro atoms. The van der Waals surface area contributed by atoms with Crippen LogP contribution < -0.4 is 10.6 Å². The van der Waals surface area contributed by atoms with Crippen molar-refractivity contribution in [1.82, 2.24) is 15.1 Å². The summed E-state index contributed by atoms with van der Waals surface area (Å²) in [5.74, 6) is 0.354. The zero-order valence-corrected chi connectivity index (χ0v) is 13.7. The van der Waals surface area contributed by atoms with Crippen LogP contribution in [0, 0.1) is 0 Å². The number of hydrogen-bond donors (Lipinski definition) is 2. The van der Waals surface area contributed by atoms with E-state index >= 15 is 0 Å². The predicted molar refractivity (Wildman–Crippen MR) is 85.8 cm³/mol. The van der Waals surface area contributed by atoms with Gasteiger partial charge in [-0.2, -0.15) is 5.10 Å². The van der Waals surface area contributed by atoms with Gasteiger partial charge in [0.2, 0.25) is 5.91 Å². The number of fused-ring (bicyclic) bond motifs is 1. The van der Waals surface area contributed by atoms with E-state index in [9.17, 15) is 4.79 Å². The van der Waals surface area contributed by atoms with E-state index < -0.39 is 0 Å². The fourth-order valence-electron chi connectivity index (χ4n) is 2.51. The van der Waals surface area contributed by atoms with E-state index in [2.05, 4.69) is 45.5 Å². The van der Waals surface area contributed by atoms with Gasteiger partial charge in [-0.15, -0.1) is 0 Å². The molecule has 2 heterocycles. The maximum atomic E-state index is 11.9. The minimum absolute atomic E-state index is 0.0279. The first kappa shape index (κ1) is 14.3. The average Bonchev–Trinajstić information content (AvgIpc) is 3.01. The largest absolute Gasteiger partial charge is 0.324 e. The number of carbonyl (C=O) groups excluding carboxylic acids is 1. The number of hydrogen-bond acceptors (Lipinski definition) is 3. The van der Waals surface area contributed by atoms with E-state index in [4.69, 9.17) is 0 Å². The van der Waals surface area contributed by atoms with Crippen molar-refractivity contribution in [3.05, 3.63) is 40.1 Å². The SMILES string of the molecule is CNC1C(=O)Nc2cc(-n3ccc(C(C)C)n3)c(Br)cc21. The Labute approximate surface area is 131 Å². The van der Waals surface area contributed by atoms with E-state index in [1.165, 1.54) is 0 Å². The fraction of sp³-hybridized carbons (Fsp3) is 0.333. The van der Waals surface area contributed by atoms with Gasteiger partial charge in [-0.1, -0.05) is 13.8 Å². The van der Waals surface area contributed by atoms with Crippen LogP contribution in [0.15, 0.2) is 28.9 Å². The molecule has 0 aliphatic carbocycles. The Morgan fingerprint density at radius 1 is 1.43 bits per heavy atom. The van der Waals surface area contributed by atoms with E-state index in [1.54, 1.807) is 7.05 Å². The van der Waals surface area contributed by atoms with Gasteiger partial charge in [-0.25, -0.2) is 4.68 Å². The number of amides is 1. The van der Waals surface area contributed by atoms with Crippen LogP contribution in [0.2, 0.25) is 0 Å². The highest BCUT2D eigenvalue weighted by molar-refractivity contribution is 9.10. The van der Waals surface area contributed by atoms with Crippen molar-refractivity contribution in [2.24, 2.45) is 0 Å². The molecule has 0 bridgehead atoms. The molecular formula is C15H17BrN4O. The molecule has 1 unspecified atom stereocenters. The lowest BCUT2D eigenvalue weighted by molar-refractivity contribution is -0.117. The van der Waals surface area contributed by atoms with Crippen molar-refractivity contribution in [2.75, 3.05) is 12.4 Å². The van der Waals surface area contributed by atoms with Crippen LogP contribution in [-0.2, 0) is 4.79 Å². The Morgan fingerprint density at radius 3 is 2.81 bits per heavy atom. The molecule has 1 amide bonds. The Hall–Kier alpha value is -1.66. The zero-order chi connectivity index (χ0) is 15.1. The van der Waals surface area contributed by atoms with Crippen molar-refractivity contribution >= 4 is 27.5 Å². The number of carbonyl (C=O) groups is 1. The first-order valence-electron chi connectivity index (χ1n) is 6.88. The lowest BCUT2D eigenvalue weighted by Crippen LogP contribution is -2.23. The maximum absolute atomic E-state index is 11.9. The van der Waals surface area contributed by atoms with Gasteiger partial charge in [0.05, 0.1) is 11.4 Å². The second-order valence-corrected chi connectivity index (χ2v) is 6.30. The summed E-state index contributed by atoms with van der Waals surface area (Å²) in [5, 5.41) is 10.5. The Bertz CT molecular complexity index is 708. The summed E-state index contributed by atoms with van der Waals surface area (Å²) in [4.78, 5) is 11.9. The molecular weight excluding hydrogens is 332 g/mol. The third-order valence-electron chi connectivity index (χ3n) is 3.69. The van der Waals surface area contributed by atoms with Crippen LogP contribution in [0.3, 0.4) is 0 Å². The second-order valence-electron chi connectivity index (χ2n) is 5.44. The smallest absolute Gasteiger partial charge is 0.246 e. The number of rotatable bonds is 3. The van der Waals surface area contributed by atoms with Crippen molar-refractivity contribution < 1.29 is 4.79 Å². The summed E-state index contributed by atoms with van der Waals surface area (Å²) in [5.41, 5.74) is 3.74. The van der Waals surface area contributed by atoms with Crippen molar-refractivity contribution in [3.63, 3.8) is 0 Å². The summed E-state index contributed by atoms with van der Waals surface area (Å²) in [6, 6.07) is 5.64. The number of nitrogens with one attached hydrogen (secondary N) is 2. The van der Waals surface area contributed by atoms with Gasteiger partial charge >= 0.3 is 0 Å². The van der Waals surface area contributed by atoms with Crippen LogP contribution in [0.1, 0.15) is 37.1 Å². The summed E-state index contributed by atoms with van der Waals surface area (Å²) in [7, 11) is 1.78. The number of benzene rings is 1. The van der Waals surface area contributed by atoms with Crippen LogP contribution in [0.4, 0.5) is 5.69 Å². The van der Waals surface area contributed by atoms with Crippen molar-refractivity contribution in [3.8, 4) is 5.69 Å². The fourth-order valence-corrected chi connectivity index (χ4v) is 3.06. The molecule has 6 heteroatoms. The van der Waals surface area contributed by atoms with Crippen molar-refractivity contribution in [1.29, 1.82) is 0 Å². The number of likely N-dealkylation sites (N-methyl/N-ethyl adjacent to an activating group) is 1. The minimum atomic E-state index is -0.297. The Balaban J connectivity index is 2.05. The van der Waals surface area contributed by atoms with Gasteiger partial charge in [-0.05, 0) is 47.1 Å². The number of nitrogens with zero attached hydrogens (tertiary/aromatic N) is 2. The molecule has 1 atom stereocenters. The molecule has 0 fully saturated rings. The molecule has 0 radical (unpaired) electrons. The number of anilines is 1. The monoisotopic (exact) mass is 348 g/mol. The Morgan fingerprint density at radius 2 is 2.19 bits per heavy atom. The van der Waals surface area contributed by atoms with Crippen LogP contribution in [0.25, 0.3) is 5.69 Å². The number of aromatic nitrogens is 2.